The molecule has 8 nitrogen and oxygen atoms in total. The van der Waals surface area contributed by atoms with Crippen molar-refractivity contribution in [2.75, 3.05) is 26.7 Å². The van der Waals surface area contributed by atoms with Gasteiger partial charge in [0.05, 0.1) is 7.11 Å². The molecule has 28 heavy (non-hydrogen) atoms. The maximum Gasteiger partial charge on any atom is 0.325 e. The van der Waals surface area contributed by atoms with Gasteiger partial charge in [0.1, 0.15) is 17.8 Å². The van der Waals surface area contributed by atoms with Gasteiger partial charge in [-0.1, -0.05) is 12.1 Å². The molecule has 4 amide bonds. The molecule has 0 spiro atoms. The van der Waals surface area contributed by atoms with E-state index in [0.717, 1.165) is 11.3 Å². The third kappa shape index (κ3) is 3.79. The minimum atomic E-state index is -1.21. The van der Waals surface area contributed by atoms with Crippen LogP contribution < -0.4 is 15.8 Å². The van der Waals surface area contributed by atoms with E-state index in [9.17, 15) is 14.4 Å². The van der Waals surface area contributed by atoms with Crippen molar-refractivity contribution in [1.82, 2.24) is 15.1 Å². The number of benzene rings is 1. The van der Waals surface area contributed by atoms with Gasteiger partial charge in [-0.2, -0.15) is 0 Å². The number of hydrogen-bond donors (Lipinski definition) is 2. The van der Waals surface area contributed by atoms with Crippen molar-refractivity contribution in [2.24, 2.45) is 11.7 Å². The molecule has 1 aromatic carbocycles. The molecule has 3 unspecified atom stereocenters. The van der Waals surface area contributed by atoms with Gasteiger partial charge in [0.15, 0.2) is 0 Å². The smallest absolute Gasteiger partial charge is 0.325 e. The van der Waals surface area contributed by atoms with Gasteiger partial charge in [0.2, 0.25) is 5.91 Å². The number of hydrogen-bond acceptors (Lipinski definition) is 5. The van der Waals surface area contributed by atoms with E-state index in [1.54, 1.807) is 43.2 Å². The van der Waals surface area contributed by atoms with E-state index in [1.807, 2.05) is 6.92 Å². The Bertz CT molecular complexity index is 757. The van der Waals surface area contributed by atoms with Crippen LogP contribution in [-0.2, 0) is 15.1 Å². The maximum absolute atomic E-state index is 13.0. The fourth-order valence-electron chi connectivity index (χ4n) is 3.85. The molecule has 0 radical (unpaired) electrons. The molecule has 2 heterocycles. The highest BCUT2D eigenvalue weighted by Gasteiger charge is 2.50. The van der Waals surface area contributed by atoms with Crippen molar-refractivity contribution in [3.8, 4) is 5.75 Å². The molecule has 0 aliphatic carbocycles. The zero-order valence-electron chi connectivity index (χ0n) is 16.3. The molecule has 154 valence electrons. The van der Waals surface area contributed by atoms with E-state index < -0.39 is 17.5 Å². The fourth-order valence-corrected chi connectivity index (χ4v) is 3.85. The van der Waals surface area contributed by atoms with Gasteiger partial charge < -0.3 is 20.7 Å². The Kier molecular flexibility index (Phi) is 6.56. The summed E-state index contributed by atoms with van der Waals surface area (Å²) in [7, 11) is 1.56. The lowest BCUT2D eigenvalue weighted by atomic mass is 9.92. The Morgan fingerprint density at radius 3 is 2.50 bits per heavy atom. The van der Waals surface area contributed by atoms with E-state index in [0.29, 0.717) is 24.4 Å². The predicted octanol–water partition coefficient (Wildman–Crippen LogP) is 1.08. The second-order valence-electron chi connectivity index (χ2n) is 7.41. The summed E-state index contributed by atoms with van der Waals surface area (Å²) in [5, 5.41) is 2.72. The van der Waals surface area contributed by atoms with Gasteiger partial charge in [-0.3, -0.25) is 14.5 Å². The van der Waals surface area contributed by atoms with E-state index in [4.69, 9.17) is 10.5 Å². The number of imide groups is 1. The molecular formula is C19H27ClN4O4. The molecular weight excluding hydrogens is 384 g/mol. The number of halogens is 1. The van der Waals surface area contributed by atoms with Gasteiger partial charge in [-0.05, 0) is 50.4 Å². The van der Waals surface area contributed by atoms with Gasteiger partial charge in [-0.15, -0.1) is 12.4 Å². The molecule has 0 saturated carbocycles. The number of ether oxygens (including phenoxy) is 1. The summed E-state index contributed by atoms with van der Waals surface area (Å²) >= 11 is 0. The lowest BCUT2D eigenvalue weighted by Gasteiger charge is -2.25. The zero-order chi connectivity index (χ0) is 19.8. The first-order valence-electron chi connectivity index (χ1n) is 9.08. The summed E-state index contributed by atoms with van der Waals surface area (Å²) < 4.78 is 5.13. The third-order valence-electron chi connectivity index (χ3n) is 5.55. The number of amides is 4. The Labute approximate surface area is 170 Å². The van der Waals surface area contributed by atoms with E-state index >= 15 is 0 Å². The summed E-state index contributed by atoms with van der Waals surface area (Å²) in [5.41, 5.74) is 5.14. The van der Waals surface area contributed by atoms with Crippen LogP contribution in [0.1, 0.15) is 25.8 Å². The minimum Gasteiger partial charge on any atom is -0.497 e. The Balaban J connectivity index is 0.00000280. The Hall–Kier alpha value is -2.32. The number of nitrogens with zero attached hydrogens (tertiary/aromatic N) is 2. The molecule has 2 fully saturated rings. The van der Waals surface area contributed by atoms with Crippen LogP contribution in [-0.4, -0.2) is 60.4 Å². The minimum absolute atomic E-state index is 0. The molecule has 3 atom stereocenters. The van der Waals surface area contributed by atoms with Crippen molar-refractivity contribution < 1.29 is 19.1 Å². The molecule has 1 aromatic rings. The average Bonchev–Trinajstić information content (AvgIpc) is 3.15. The summed E-state index contributed by atoms with van der Waals surface area (Å²) in [6, 6.07) is 6.42. The van der Waals surface area contributed by atoms with Crippen molar-refractivity contribution >= 4 is 30.3 Å². The average molecular weight is 411 g/mol. The van der Waals surface area contributed by atoms with Gasteiger partial charge in [0.25, 0.3) is 5.91 Å². The number of urea groups is 1. The number of methoxy groups -OCH3 is 1. The summed E-state index contributed by atoms with van der Waals surface area (Å²) in [6.45, 7) is 4.42. The number of carbonyl (C=O) groups is 3. The predicted molar refractivity (Wildman–Crippen MR) is 106 cm³/mol. The van der Waals surface area contributed by atoms with Crippen molar-refractivity contribution in [3.63, 3.8) is 0 Å². The lowest BCUT2D eigenvalue weighted by molar-refractivity contribution is -0.139. The summed E-state index contributed by atoms with van der Waals surface area (Å²) in [4.78, 5) is 40.8. The van der Waals surface area contributed by atoms with Crippen LogP contribution in [0, 0.1) is 5.92 Å². The first-order chi connectivity index (χ1) is 12.8. The number of nitrogens with one attached hydrogen (secondary N) is 1. The summed E-state index contributed by atoms with van der Waals surface area (Å²) in [5.74, 6) is 0.245. The third-order valence-corrected chi connectivity index (χ3v) is 5.55. The molecule has 3 rings (SSSR count). The Morgan fingerprint density at radius 2 is 1.96 bits per heavy atom. The van der Waals surface area contributed by atoms with E-state index in [1.165, 1.54) is 0 Å². The molecule has 2 aliphatic heterocycles. The van der Waals surface area contributed by atoms with Gasteiger partial charge in [-0.25, -0.2) is 4.79 Å². The van der Waals surface area contributed by atoms with Gasteiger partial charge >= 0.3 is 6.03 Å². The first kappa shape index (κ1) is 22.0. The van der Waals surface area contributed by atoms with Crippen LogP contribution in [0.15, 0.2) is 24.3 Å². The molecule has 3 N–H and O–H groups in total. The number of nitrogens with two attached hydrogens (primary N) is 1. The SMILES string of the molecule is COc1ccc(C2(C)NC(=O)N(CC(=O)N3CC(CN)CC3C)C2=O)cc1.Cl. The molecule has 9 heteroatoms. The monoisotopic (exact) mass is 410 g/mol. The highest BCUT2D eigenvalue weighted by molar-refractivity contribution is 6.09. The number of rotatable bonds is 5. The zero-order valence-corrected chi connectivity index (χ0v) is 17.1. The fraction of sp³-hybridized carbons (Fsp3) is 0.526. The van der Waals surface area contributed by atoms with Crippen LogP contribution in [0.25, 0.3) is 0 Å². The van der Waals surface area contributed by atoms with Crippen LogP contribution in [0.2, 0.25) is 0 Å². The second kappa shape index (κ2) is 8.36. The molecule has 2 aliphatic rings. The molecule has 0 aromatic heterocycles. The highest BCUT2D eigenvalue weighted by atomic mass is 35.5. The maximum atomic E-state index is 13.0. The quantitative estimate of drug-likeness (QED) is 0.707. The molecule has 0 bridgehead atoms. The first-order valence-corrected chi connectivity index (χ1v) is 9.08. The number of carbonyl (C=O) groups excluding carboxylic acids is 3. The van der Waals surface area contributed by atoms with Crippen LogP contribution in [0.5, 0.6) is 5.75 Å². The summed E-state index contributed by atoms with van der Waals surface area (Å²) in [6.07, 6.45) is 0.839. The number of likely N-dealkylation sites (tertiary alicyclic amines) is 1. The topological polar surface area (TPSA) is 105 Å². The normalized spacial score (nSPS) is 26.9. The van der Waals surface area contributed by atoms with Gasteiger partial charge in [0, 0.05) is 12.6 Å². The van der Waals surface area contributed by atoms with Crippen molar-refractivity contribution in [2.45, 2.75) is 31.8 Å². The second-order valence-corrected chi connectivity index (χ2v) is 7.41. The standard InChI is InChI=1S/C19H26N4O4.ClH/c1-12-8-13(9-20)10-22(12)16(24)11-23-17(25)19(2,21-18(23)26)14-4-6-15(27-3)7-5-14;/h4-7,12-13H,8-11,20H2,1-3H3,(H,21,26);1H. The molecule has 2 saturated heterocycles. The van der Waals surface area contributed by atoms with Crippen molar-refractivity contribution in [3.05, 3.63) is 29.8 Å². The van der Waals surface area contributed by atoms with Crippen LogP contribution >= 0.6 is 12.4 Å². The lowest BCUT2D eigenvalue weighted by Crippen LogP contribution is -2.45. The van der Waals surface area contributed by atoms with Crippen LogP contribution in [0.4, 0.5) is 4.79 Å². The highest BCUT2D eigenvalue weighted by Crippen LogP contribution is 2.30. The van der Waals surface area contributed by atoms with Crippen LogP contribution in [0.3, 0.4) is 0 Å². The van der Waals surface area contributed by atoms with E-state index in [2.05, 4.69) is 5.32 Å². The Morgan fingerprint density at radius 1 is 1.32 bits per heavy atom. The van der Waals surface area contributed by atoms with Crippen molar-refractivity contribution in [1.29, 1.82) is 0 Å². The largest absolute Gasteiger partial charge is 0.497 e. The van der Waals surface area contributed by atoms with E-state index in [-0.39, 0.29) is 36.8 Å².